The lowest BCUT2D eigenvalue weighted by Gasteiger charge is -2.10. The van der Waals surface area contributed by atoms with Crippen molar-refractivity contribution in [1.82, 2.24) is 25.8 Å². The van der Waals surface area contributed by atoms with Crippen LogP contribution < -0.4 is 10.6 Å². The molecule has 0 aliphatic carbocycles. The van der Waals surface area contributed by atoms with Gasteiger partial charge in [-0.2, -0.15) is 4.98 Å². The molecule has 2 rings (SSSR count). The molecular weight excluding hydrogens is 423 g/mol. The minimum absolute atomic E-state index is 0. The summed E-state index contributed by atoms with van der Waals surface area (Å²) in [6.45, 7) is 4.67. The van der Waals surface area contributed by atoms with Crippen LogP contribution in [0.25, 0.3) is 11.6 Å². The van der Waals surface area contributed by atoms with Crippen molar-refractivity contribution in [2.24, 2.45) is 4.99 Å². The molecule has 0 amide bonds. The van der Waals surface area contributed by atoms with Gasteiger partial charge in [0.1, 0.15) is 5.69 Å². The molecule has 0 spiro atoms. The zero-order valence-corrected chi connectivity index (χ0v) is 16.2. The van der Waals surface area contributed by atoms with E-state index in [-0.39, 0.29) is 24.0 Å². The summed E-state index contributed by atoms with van der Waals surface area (Å²) in [6.07, 6.45) is 2.32. The monoisotopic (exact) mass is 446 g/mol. The molecule has 24 heavy (non-hydrogen) atoms. The molecule has 0 unspecified atom stereocenters. The number of ether oxygens (including phenoxy) is 1. The van der Waals surface area contributed by atoms with E-state index in [9.17, 15) is 0 Å². The average molecular weight is 446 g/mol. The second-order valence-electron chi connectivity index (χ2n) is 4.66. The van der Waals surface area contributed by atoms with Gasteiger partial charge in [-0.1, -0.05) is 11.2 Å². The number of nitrogens with one attached hydrogen (secondary N) is 2. The highest BCUT2D eigenvalue weighted by Crippen LogP contribution is 2.12. The minimum atomic E-state index is 0. The lowest BCUT2D eigenvalue weighted by atomic mass is 10.3. The molecule has 0 aliphatic rings. The van der Waals surface area contributed by atoms with Crippen LogP contribution in [0.5, 0.6) is 0 Å². The molecule has 2 N–H and O–H groups in total. The molecule has 0 saturated carbocycles. The van der Waals surface area contributed by atoms with Crippen molar-refractivity contribution in [1.29, 1.82) is 0 Å². The molecule has 0 atom stereocenters. The number of halogens is 1. The zero-order valence-electron chi connectivity index (χ0n) is 13.9. The van der Waals surface area contributed by atoms with E-state index in [1.54, 1.807) is 13.3 Å². The first-order valence-corrected chi connectivity index (χ1v) is 7.58. The van der Waals surface area contributed by atoms with Gasteiger partial charge in [-0.25, -0.2) is 0 Å². The molecule has 9 heteroatoms. The van der Waals surface area contributed by atoms with Gasteiger partial charge < -0.3 is 19.9 Å². The summed E-state index contributed by atoms with van der Waals surface area (Å²) in [5.74, 6) is 1.81. The van der Waals surface area contributed by atoms with Gasteiger partial charge >= 0.3 is 0 Å². The molecule has 0 radical (unpaired) electrons. The predicted molar refractivity (Wildman–Crippen MR) is 103 cm³/mol. The Morgan fingerprint density at radius 3 is 2.92 bits per heavy atom. The maximum Gasteiger partial charge on any atom is 0.276 e. The number of methoxy groups -OCH3 is 1. The highest BCUT2D eigenvalue weighted by Gasteiger charge is 2.09. The molecule has 0 fully saturated rings. The number of hydrogen-bond acceptors (Lipinski definition) is 6. The molecule has 2 aromatic heterocycles. The molecule has 2 heterocycles. The van der Waals surface area contributed by atoms with Crippen LogP contribution >= 0.6 is 24.0 Å². The van der Waals surface area contributed by atoms with Gasteiger partial charge in [-0.3, -0.25) is 9.98 Å². The Kier molecular flexibility index (Phi) is 9.92. The van der Waals surface area contributed by atoms with Crippen LogP contribution in [-0.2, 0) is 11.2 Å². The molecule has 0 saturated heterocycles. The Morgan fingerprint density at radius 2 is 2.21 bits per heavy atom. The van der Waals surface area contributed by atoms with Crippen molar-refractivity contribution >= 4 is 29.9 Å². The Balaban J connectivity index is 0.00000288. The molecule has 8 nitrogen and oxygen atoms in total. The third-order valence-corrected chi connectivity index (χ3v) is 2.90. The van der Waals surface area contributed by atoms with Crippen LogP contribution in [0.1, 0.15) is 12.7 Å². The SMILES string of the molecule is CCNC(=NCCOC)NCCc1noc(-c2ccccn2)n1.I. The van der Waals surface area contributed by atoms with Gasteiger partial charge in [-0.05, 0) is 19.1 Å². The van der Waals surface area contributed by atoms with Crippen LogP contribution in [0.4, 0.5) is 0 Å². The van der Waals surface area contributed by atoms with E-state index in [0.717, 1.165) is 12.5 Å². The average Bonchev–Trinajstić information content (AvgIpc) is 3.05. The van der Waals surface area contributed by atoms with Gasteiger partial charge in [-0.15, -0.1) is 24.0 Å². The predicted octanol–water partition coefficient (Wildman–Crippen LogP) is 1.49. The smallest absolute Gasteiger partial charge is 0.276 e. The summed E-state index contributed by atoms with van der Waals surface area (Å²) in [4.78, 5) is 12.9. The van der Waals surface area contributed by atoms with Crippen LogP contribution in [0, 0.1) is 0 Å². The first kappa shape index (κ1) is 20.3. The number of hydrogen-bond donors (Lipinski definition) is 2. The topological polar surface area (TPSA) is 97.5 Å². The van der Waals surface area contributed by atoms with Crippen molar-refractivity contribution in [3.05, 3.63) is 30.2 Å². The lowest BCUT2D eigenvalue weighted by molar-refractivity contribution is 0.208. The van der Waals surface area contributed by atoms with Crippen molar-refractivity contribution < 1.29 is 9.26 Å². The molecule has 0 aromatic carbocycles. The Hall–Kier alpha value is -1.75. The van der Waals surface area contributed by atoms with E-state index < -0.39 is 0 Å². The second kappa shape index (κ2) is 11.7. The van der Waals surface area contributed by atoms with E-state index in [1.165, 1.54) is 0 Å². The van der Waals surface area contributed by atoms with Crippen molar-refractivity contribution in [3.63, 3.8) is 0 Å². The van der Waals surface area contributed by atoms with E-state index in [4.69, 9.17) is 9.26 Å². The number of guanidine groups is 1. The fourth-order valence-electron chi connectivity index (χ4n) is 1.83. The highest BCUT2D eigenvalue weighted by molar-refractivity contribution is 14.0. The van der Waals surface area contributed by atoms with E-state index in [1.807, 2.05) is 25.1 Å². The van der Waals surface area contributed by atoms with Gasteiger partial charge in [0.15, 0.2) is 11.8 Å². The van der Waals surface area contributed by atoms with Gasteiger partial charge in [0.05, 0.1) is 13.2 Å². The quantitative estimate of drug-likeness (QED) is 0.275. The molecule has 132 valence electrons. The summed E-state index contributed by atoms with van der Waals surface area (Å²) in [6, 6.07) is 5.56. The maximum atomic E-state index is 5.22. The Morgan fingerprint density at radius 1 is 1.33 bits per heavy atom. The standard InChI is InChI=1S/C15H22N6O2.HI/c1-3-16-15(19-10-11-22-2)18-9-7-13-20-14(23-21-13)12-6-4-5-8-17-12;/h4-6,8H,3,7,9-11H2,1-2H3,(H2,16,18,19);1H. The van der Waals surface area contributed by atoms with Crippen LogP contribution in [0.2, 0.25) is 0 Å². The normalized spacial score (nSPS) is 11.0. The number of aliphatic imine (C=N–C) groups is 1. The maximum absolute atomic E-state index is 5.22. The number of nitrogens with zero attached hydrogens (tertiary/aromatic N) is 4. The summed E-state index contributed by atoms with van der Waals surface area (Å²) in [5, 5.41) is 10.4. The van der Waals surface area contributed by atoms with Crippen molar-refractivity contribution in [2.45, 2.75) is 13.3 Å². The van der Waals surface area contributed by atoms with Crippen LogP contribution in [0.3, 0.4) is 0 Å². The van der Waals surface area contributed by atoms with E-state index in [0.29, 0.717) is 43.5 Å². The van der Waals surface area contributed by atoms with E-state index >= 15 is 0 Å². The van der Waals surface area contributed by atoms with Crippen LogP contribution in [-0.4, -0.2) is 54.4 Å². The second-order valence-corrected chi connectivity index (χ2v) is 4.66. The largest absolute Gasteiger partial charge is 0.383 e. The first-order valence-electron chi connectivity index (χ1n) is 7.58. The lowest BCUT2D eigenvalue weighted by Crippen LogP contribution is -2.38. The third kappa shape index (κ3) is 6.79. The third-order valence-electron chi connectivity index (χ3n) is 2.90. The van der Waals surface area contributed by atoms with Crippen molar-refractivity contribution in [3.8, 4) is 11.6 Å². The van der Waals surface area contributed by atoms with Gasteiger partial charge in [0.2, 0.25) is 0 Å². The summed E-state index contributed by atoms with van der Waals surface area (Å²) in [7, 11) is 1.66. The number of pyridine rings is 1. The van der Waals surface area contributed by atoms with Gasteiger partial charge in [0.25, 0.3) is 5.89 Å². The Labute approximate surface area is 158 Å². The summed E-state index contributed by atoms with van der Waals surface area (Å²) < 4.78 is 10.2. The molecule has 2 aromatic rings. The van der Waals surface area contributed by atoms with Crippen LogP contribution in [0.15, 0.2) is 33.9 Å². The Bertz CT molecular complexity index is 605. The summed E-state index contributed by atoms with van der Waals surface area (Å²) >= 11 is 0. The first-order chi connectivity index (χ1) is 11.3. The van der Waals surface area contributed by atoms with Crippen molar-refractivity contribution in [2.75, 3.05) is 33.4 Å². The van der Waals surface area contributed by atoms with E-state index in [2.05, 4.69) is 30.8 Å². The number of rotatable bonds is 8. The zero-order chi connectivity index (χ0) is 16.3. The molecular formula is C15H23IN6O2. The molecule has 0 bridgehead atoms. The summed E-state index contributed by atoms with van der Waals surface area (Å²) in [5.41, 5.74) is 0.675. The minimum Gasteiger partial charge on any atom is -0.383 e. The fourth-order valence-corrected chi connectivity index (χ4v) is 1.83. The fraction of sp³-hybridized carbons (Fsp3) is 0.467. The highest BCUT2D eigenvalue weighted by atomic mass is 127. The number of aromatic nitrogens is 3. The molecule has 0 aliphatic heterocycles. The van der Waals surface area contributed by atoms with Gasteiger partial charge in [0, 0.05) is 32.8 Å².